The van der Waals surface area contributed by atoms with E-state index in [-0.39, 0.29) is 17.9 Å². The highest BCUT2D eigenvalue weighted by molar-refractivity contribution is 5.90. The van der Waals surface area contributed by atoms with Gasteiger partial charge in [-0.2, -0.15) is 0 Å². The van der Waals surface area contributed by atoms with Crippen LogP contribution in [0.5, 0.6) is 0 Å². The predicted octanol–water partition coefficient (Wildman–Crippen LogP) is 3.66. The summed E-state index contributed by atoms with van der Waals surface area (Å²) in [6, 6.07) is 0. The Bertz CT molecular complexity index is 439. The van der Waals surface area contributed by atoms with E-state index in [9.17, 15) is 14.7 Å². The van der Waals surface area contributed by atoms with Crippen molar-refractivity contribution in [3.8, 4) is 0 Å². The third-order valence-corrected chi connectivity index (χ3v) is 4.16. The van der Waals surface area contributed by atoms with Crippen LogP contribution in [0, 0.1) is 5.92 Å². The number of likely N-dealkylation sites (N-methyl/N-ethyl adjacent to an activating group) is 1. The molecule has 0 fully saturated rings. The molecular formula is C19H33NO4. The Labute approximate surface area is 146 Å². The first-order chi connectivity index (χ1) is 11.4. The van der Waals surface area contributed by atoms with Crippen LogP contribution in [0.15, 0.2) is 23.8 Å². The monoisotopic (exact) mass is 339 g/mol. The van der Waals surface area contributed by atoms with Crippen molar-refractivity contribution in [3.05, 3.63) is 23.8 Å². The summed E-state index contributed by atoms with van der Waals surface area (Å²) in [7, 11) is 0. The van der Waals surface area contributed by atoms with E-state index in [4.69, 9.17) is 4.74 Å². The molecule has 0 saturated carbocycles. The fourth-order valence-corrected chi connectivity index (χ4v) is 2.39. The van der Waals surface area contributed by atoms with Gasteiger partial charge in [-0.1, -0.05) is 53.2 Å². The van der Waals surface area contributed by atoms with Crippen molar-refractivity contribution in [1.29, 1.82) is 0 Å². The van der Waals surface area contributed by atoms with Crippen molar-refractivity contribution >= 4 is 11.9 Å². The minimum atomic E-state index is -0.929. The van der Waals surface area contributed by atoms with E-state index in [0.717, 1.165) is 32.4 Å². The molecule has 0 aromatic heterocycles. The lowest BCUT2D eigenvalue weighted by Gasteiger charge is -2.17. The second-order valence-corrected chi connectivity index (χ2v) is 5.98. The zero-order valence-electron chi connectivity index (χ0n) is 15.6. The van der Waals surface area contributed by atoms with Crippen LogP contribution in [-0.2, 0) is 14.3 Å². The van der Waals surface area contributed by atoms with Crippen molar-refractivity contribution in [2.24, 2.45) is 5.92 Å². The van der Waals surface area contributed by atoms with Crippen LogP contribution >= 0.6 is 0 Å². The summed E-state index contributed by atoms with van der Waals surface area (Å²) in [5.74, 6) is -1.42. The lowest BCUT2D eigenvalue weighted by Crippen LogP contribution is -2.28. The number of carboxylic acids is 1. The molecule has 0 aromatic carbocycles. The zero-order chi connectivity index (χ0) is 18.5. The van der Waals surface area contributed by atoms with Gasteiger partial charge in [0.15, 0.2) is 0 Å². The number of rotatable bonds is 13. The third-order valence-electron chi connectivity index (χ3n) is 4.16. The van der Waals surface area contributed by atoms with E-state index < -0.39 is 11.9 Å². The zero-order valence-corrected chi connectivity index (χ0v) is 15.6. The third kappa shape index (κ3) is 8.87. The summed E-state index contributed by atoms with van der Waals surface area (Å²) in [6.07, 6.45) is 4.65. The summed E-state index contributed by atoms with van der Waals surface area (Å²) in [5.41, 5.74) is 0.636. The van der Waals surface area contributed by atoms with Gasteiger partial charge in [0.05, 0.1) is 0 Å². The van der Waals surface area contributed by atoms with Gasteiger partial charge < -0.3 is 14.7 Å². The van der Waals surface area contributed by atoms with Crippen LogP contribution < -0.4 is 0 Å². The van der Waals surface area contributed by atoms with Crippen LogP contribution in [0.3, 0.4) is 0 Å². The highest BCUT2D eigenvalue weighted by Gasteiger charge is 2.16. The Balaban J connectivity index is 4.49. The minimum absolute atomic E-state index is 0.0334. The van der Waals surface area contributed by atoms with Gasteiger partial charge in [-0.3, -0.25) is 0 Å². The topological polar surface area (TPSA) is 66.8 Å². The maximum atomic E-state index is 11.9. The molecule has 0 aromatic rings. The first-order valence-corrected chi connectivity index (χ1v) is 8.87. The number of hydrogen-bond acceptors (Lipinski definition) is 4. The van der Waals surface area contributed by atoms with Gasteiger partial charge in [-0.05, 0) is 31.8 Å². The van der Waals surface area contributed by atoms with E-state index in [2.05, 4.69) is 32.3 Å². The van der Waals surface area contributed by atoms with Gasteiger partial charge in [-0.15, -0.1) is 0 Å². The maximum absolute atomic E-state index is 11.9. The van der Waals surface area contributed by atoms with Gasteiger partial charge in [0, 0.05) is 17.7 Å². The normalized spacial score (nSPS) is 13.0. The average molecular weight is 339 g/mol. The number of aliphatic carboxylic acids is 1. The molecule has 24 heavy (non-hydrogen) atoms. The molecule has 0 radical (unpaired) electrons. The smallest absolute Gasteiger partial charge is 0.333 e. The van der Waals surface area contributed by atoms with Gasteiger partial charge in [-0.25, -0.2) is 9.59 Å². The predicted molar refractivity (Wildman–Crippen MR) is 96.9 cm³/mol. The number of carbonyl (C=O) groups excluding carboxylic acids is 1. The number of ether oxygens (including phenoxy) is 1. The van der Waals surface area contributed by atoms with E-state index in [1.54, 1.807) is 6.08 Å². The molecule has 0 heterocycles. The fraction of sp³-hybridized carbons (Fsp3) is 0.684. The quantitative estimate of drug-likeness (QED) is 0.410. The number of nitrogens with zero attached hydrogens (tertiary/aromatic N) is 1. The van der Waals surface area contributed by atoms with Crippen molar-refractivity contribution < 1.29 is 19.4 Å². The summed E-state index contributed by atoms with van der Waals surface area (Å²) >= 11 is 0. The van der Waals surface area contributed by atoms with Crippen LogP contribution in [0.4, 0.5) is 0 Å². The maximum Gasteiger partial charge on any atom is 0.333 e. The number of carbonyl (C=O) groups is 2. The highest BCUT2D eigenvalue weighted by Crippen LogP contribution is 2.19. The Kier molecular flexibility index (Phi) is 11.9. The molecule has 0 bridgehead atoms. The van der Waals surface area contributed by atoms with Gasteiger partial charge in [0.1, 0.15) is 6.61 Å². The molecular weight excluding hydrogens is 306 g/mol. The second kappa shape index (κ2) is 12.8. The van der Waals surface area contributed by atoms with E-state index >= 15 is 0 Å². The molecule has 5 heteroatoms. The molecule has 1 atom stereocenters. The molecule has 0 saturated heterocycles. The highest BCUT2D eigenvalue weighted by atomic mass is 16.5. The molecule has 5 nitrogen and oxygen atoms in total. The SMILES string of the molecule is C=C(CC=C(C(=O)O)C(C)CCCC)C(=O)OCCN(CC)CC. The Morgan fingerprint density at radius 3 is 2.38 bits per heavy atom. The fourth-order valence-electron chi connectivity index (χ4n) is 2.39. The summed E-state index contributed by atoms with van der Waals surface area (Å²) in [5, 5.41) is 9.33. The second-order valence-electron chi connectivity index (χ2n) is 5.98. The number of carboxylic acid groups (broad SMARTS) is 1. The first-order valence-electron chi connectivity index (χ1n) is 8.87. The van der Waals surface area contributed by atoms with Crippen LogP contribution in [0.25, 0.3) is 0 Å². The summed E-state index contributed by atoms with van der Waals surface area (Å²) in [6.45, 7) is 14.7. The van der Waals surface area contributed by atoms with E-state index in [1.165, 1.54) is 0 Å². The molecule has 138 valence electrons. The van der Waals surface area contributed by atoms with Crippen LogP contribution in [-0.4, -0.2) is 48.2 Å². The lowest BCUT2D eigenvalue weighted by atomic mass is 9.94. The minimum Gasteiger partial charge on any atom is -0.478 e. The molecule has 0 aliphatic heterocycles. The average Bonchev–Trinajstić information content (AvgIpc) is 2.56. The molecule has 0 aliphatic carbocycles. The molecule has 0 aliphatic rings. The Hall–Kier alpha value is -1.62. The van der Waals surface area contributed by atoms with Crippen molar-refractivity contribution in [2.45, 2.75) is 53.4 Å². The van der Waals surface area contributed by atoms with Crippen molar-refractivity contribution in [3.63, 3.8) is 0 Å². The standard InChI is InChI=1S/C19H33NO4/c1-6-9-10-15(4)17(18(21)22)12-11-16(5)19(23)24-14-13-20(7-2)8-3/h12,15H,5-11,13-14H2,1-4H3,(H,21,22). The first kappa shape index (κ1) is 22.4. The molecule has 0 amide bonds. The lowest BCUT2D eigenvalue weighted by molar-refractivity contribution is -0.139. The number of unbranched alkanes of at least 4 members (excludes halogenated alkanes) is 1. The van der Waals surface area contributed by atoms with Crippen LogP contribution in [0.2, 0.25) is 0 Å². The number of hydrogen-bond donors (Lipinski definition) is 1. The van der Waals surface area contributed by atoms with Crippen LogP contribution in [0.1, 0.15) is 53.4 Å². The van der Waals surface area contributed by atoms with Crippen molar-refractivity contribution in [2.75, 3.05) is 26.2 Å². The summed E-state index contributed by atoms with van der Waals surface area (Å²) < 4.78 is 5.20. The molecule has 0 rings (SSSR count). The van der Waals surface area contributed by atoms with E-state index in [0.29, 0.717) is 18.7 Å². The molecule has 1 unspecified atom stereocenters. The largest absolute Gasteiger partial charge is 0.478 e. The van der Waals surface area contributed by atoms with Gasteiger partial charge in [0.2, 0.25) is 0 Å². The Morgan fingerprint density at radius 1 is 1.25 bits per heavy atom. The Morgan fingerprint density at radius 2 is 1.88 bits per heavy atom. The van der Waals surface area contributed by atoms with Crippen molar-refractivity contribution in [1.82, 2.24) is 4.90 Å². The van der Waals surface area contributed by atoms with Gasteiger partial charge >= 0.3 is 11.9 Å². The van der Waals surface area contributed by atoms with Gasteiger partial charge in [0.25, 0.3) is 0 Å². The molecule has 1 N–H and O–H groups in total. The number of esters is 1. The molecule has 0 spiro atoms. The summed E-state index contributed by atoms with van der Waals surface area (Å²) in [4.78, 5) is 25.4. The van der Waals surface area contributed by atoms with E-state index in [1.807, 2.05) is 6.92 Å². The number of allylic oxidation sites excluding steroid dienone is 1.